The van der Waals surface area contributed by atoms with Crippen molar-refractivity contribution in [2.45, 2.75) is 229 Å². The van der Waals surface area contributed by atoms with Crippen LogP contribution in [0.15, 0.2) is 111 Å². The lowest BCUT2D eigenvalue weighted by Gasteiger charge is -2.22. The third-order valence-electron chi connectivity index (χ3n) is 22.1. The van der Waals surface area contributed by atoms with Gasteiger partial charge in [0.2, 0.25) is 0 Å². The molecule has 0 bridgehead atoms. The van der Waals surface area contributed by atoms with Crippen molar-refractivity contribution in [3.8, 4) is 11.1 Å². The third kappa shape index (κ3) is 23.2. The number of fused-ring (bicyclic) bond motifs is 4. The predicted octanol–water partition coefficient (Wildman–Crippen LogP) is 14.1. The molecule has 9 aromatic rings. The van der Waals surface area contributed by atoms with E-state index in [0.717, 1.165) is 147 Å². The van der Waals surface area contributed by atoms with E-state index in [-0.39, 0.29) is 49.9 Å². The highest BCUT2D eigenvalue weighted by molar-refractivity contribution is 7.90. The zero-order valence-corrected chi connectivity index (χ0v) is 77.5. The van der Waals surface area contributed by atoms with Crippen molar-refractivity contribution in [3.05, 3.63) is 187 Å². The molecule has 4 aliphatic rings. The van der Waals surface area contributed by atoms with Crippen LogP contribution < -0.4 is 40.2 Å². The van der Waals surface area contributed by atoms with Gasteiger partial charge in [-0.25, -0.2) is 46.8 Å². The van der Waals surface area contributed by atoms with Crippen molar-refractivity contribution in [1.29, 1.82) is 0 Å². The van der Waals surface area contributed by atoms with E-state index in [2.05, 4.69) is 63.2 Å². The largest absolute Gasteiger partial charge is 0.333 e. The number of sulfonamides is 4. The third-order valence-corrected chi connectivity index (χ3v) is 26.9. The summed E-state index contributed by atoms with van der Waals surface area (Å²) in [4.78, 5) is 56.6. The van der Waals surface area contributed by atoms with Gasteiger partial charge in [-0.3, -0.25) is 18.7 Å². The number of anilines is 4. The summed E-state index contributed by atoms with van der Waals surface area (Å²) < 4.78 is 145. The van der Waals surface area contributed by atoms with E-state index < -0.39 is 75.9 Å². The number of aromatic nitrogens is 8. The van der Waals surface area contributed by atoms with Crippen LogP contribution >= 0.6 is 0 Å². The Morgan fingerprint density at radius 3 is 1.15 bits per heavy atom. The lowest BCUT2D eigenvalue weighted by Crippen LogP contribution is -2.35. The van der Waals surface area contributed by atoms with Crippen LogP contribution in [0, 0.1) is 11.6 Å². The minimum absolute atomic E-state index is 0.00206. The monoisotopic (exact) mass is 1790 g/mol. The van der Waals surface area contributed by atoms with Crippen LogP contribution in [0.3, 0.4) is 0 Å². The van der Waals surface area contributed by atoms with Gasteiger partial charge in [0.05, 0.1) is 28.8 Å². The van der Waals surface area contributed by atoms with E-state index in [1.54, 1.807) is 54.8 Å². The van der Waals surface area contributed by atoms with Crippen LogP contribution in [0.5, 0.6) is 0 Å². The summed E-state index contributed by atoms with van der Waals surface area (Å²) in [6, 6.07) is 21.5. The maximum Gasteiger partial charge on any atom is 0.333 e. The van der Waals surface area contributed by atoms with E-state index in [1.165, 1.54) is 80.1 Å². The molecular formula is C87H119F2N19O12S4. The summed E-state index contributed by atoms with van der Waals surface area (Å²) in [7, 11) is -0.191. The van der Waals surface area contributed by atoms with Gasteiger partial charge in [-0.1, -0.05) is 104 Å². The molecule has 1 atom stereocenters. The van der Waals surface area contributed by atoms with Gasteiger partial charge in [0.1, 0.15) is 11.6 Å². The lowest BCUT2D eigenvalue weighted by molar-refractivity contribution is 0.255. The molecule has 37 heteroatoms. The Labute approximate surface area is 727 Å². The number of hydrogen-bond donors (Lipinski definition) is 8. The van der Waals surface area contributed by atoms with Crippen molar-refractivity contribution in [2.24, 2.45) is 21.1 Å². The molecule has 0 spiro atoms. The molecule has 5 aromatic carbocycles. The molecule has 0 aliphatic heterocycles. The van der Waals surface area contributed by atoms with Crippen LogP contribution in [0.25, 0.3) is 11.1 Å². The molecule has 4 aromatic heterocycles. The number of carbonyl (C=O) groups excluding carboxylic acids is 4. The van der Waals surface area contributed by atoms with Gasteiger partial charge in [0, 0.05) is 92.9 Å². The highest BCUT2D eigenvalue weighted by Gasteiger charge is 2.34. The molecule has 1 unspecified atom stereocenters. The van der Waals surface area contributed by atoms with Crippen molar-refractivity contribution in [1.82, 2.24) is 72.7 Å². The standard InChI is InChI=1S/C23H28FN5O3S.C22H34FN5O3S.C22H31N5O3S.C20H26N4O3S/c1-15(2)19-11-17(24)12-20(16-9-7-6-8-10-16)22(19)25-23(30)27-33(31,32)21-13-18(14-28(3)4)29(5)26-21;1-9-18(27(6)7)19-12-20(25-28(19)8)32(30,31)26-22(29)24-21-16(13(2)3)10-15(23)11-17(21)14(4)5;1-14(2)27-17(13-26(3)4)12-20(24-27)31(29,30)25-22(28)23-21-18-9-5-7-15(18)11-16-8-6-10-19(16)21;1-3-6-15-12-18(22-24(15)2)28(26,27)23-20(25)21-19-16-9-4-7-13(16)11-14-8-5-10-17(14)19/h6-13,15H,14H2,1-5H3,(H2,25,27,30);10-14,18H,9H2,1-8H3,(H2,24,26,29);11-12,14H,5-10,13H2,1-4H3,(H2,23,25,28);11-12H,3-10H2,1-2H3,(H2,21,23,25). The van der Waals surface area contributed by atoms with Crippen molar-refractivity contribution in [3.63, 3.8) is 0 Å². The van der Waals surface area contributed by atoms with Crippen molar-refractivity contribution >= 4 is 87.0 Å². The Bertz CT molecular complexity index is 5830. The first kappa shape index (κ1) is 95.8. The molecule has 8 N–H and O–H groups in total. The van der Waals surface area contributed by atoms with E-state index >= 15 is 0 Å². The summed E-state index contributed by atoms with van der Waals surface area (Å²) in [6.45, 7) is 20.2. The second-order valence-electron chi connectivity index (χ2n) is 33.8. The van der Waals surface area contributed by atoms with Gasteiger partial charge in [0.15, 0.2) is 20.1 Å². The van der Waals surface area contributed by atoms with E-state index in [1.807, 2.05) is 142 Å². The van der Waals surface area contributed by atoms with Gasteiger partial charge in [-0.05, 0) is 255 Å². The summed E-state index contributed by atoms with van der Waals surface area (Å²) in [5, 5.41) is 26.7. The van der Waals surface area contributed by atoms with Crippen LogP contribution in [-0.2, 0) is 132 Å². The summed E-state index contributed by atoms with van der Waals surface area (Å²) >= 11 is 0. The Morgan fingerprint density at radius 2 is 0.766 bits per heavy atom. The van der Waals surface area contributed by atoms with Gasteiger partial charge in [-0.15, -0.1) is 0 Å². The molecule has 4 heterocycles. The topological polar surface area (TPSA) is 382 Å². The fourth-order valence-corrected chi connectivity index (χ4v) is 19.9. The molecule has 0 fully saturated rings. The molecule has 13 rings (SSSR count). The fraction of sp³-hybridized carbons (Fsp3) is 0.471. The maximum atomic E-state index is 14.4. The molecule has 0 saturated heterocycles. The highest BCUT2D eigenvalue weighted by atomic mass is 32.2. The number of halogens is 2. The first-order valence-corrected chi connectivity index (χ1v) is 47.8. The predicted molar refractivity (Wildman–Crippen MR) is 477 cm³/mol. The number of hydrogen-bond acceptors (Lipinski definition) is 19. The smallest absolute Gasteiger partial charge is 0.307 e. The van der Waals surface area contributed by atoms with Crippen LogP contribution in [0.2, 0.25) is 0 Å². The van der Waals surface area contributed by atoms with Gasteiger partial charge < -0.3 is 36.0 Å². The minimum atomic E-state index is -4.22. The Kier molecular flexibility index (Phi) is 31.1. The van der Waals surface area contributed by atoms with Crippen LogP contribution in [0.4, 0.5) is 50.7 Å². The number of amides is 8. The number of benzene rings is 5. The number of aryl methyl sites for hydroxylation is 8. The SMILES string of the molecule is CC(C)c1cc(F)cc(-c2ccccc2)c1NC(=O)NS(=O)(=O)c1cc(CN(C)C)n(C)n1.CC(C)n1nc(S(=O)(=O)NC(=O)Nc2c3c(cc4c2CCC4)CCC3)cc1CN(C)C.CCC(c1cc(S(=O)(=O)NC(=O)Nc2c(C(C)C)cc(F)cc2C(C)C)nn1C)N(C)C.CCCc1cc(S(=O)(=O)NC(=O)Nc2c3c(cc4c2CCC4)CCC3)nn1C. The second-order valence-corrected chi connectivity index (χ2v) is 40.3. The molecule has 4 aliphatic carbocycles. The van der Waals surface area contributed by atoms with E-state index in [9.17, 15) is 61.6 Å². The van der Waals surface area contributed by atoms with Crippen molar-refractivity contribution < 1.29 is 61.6 Å². The molecule has 0 saturated carbocycles. The number of carbonyl (C=O) groups is 4. The summed E-state index contributed by atoms with van der Waals surface area (Å²) in [6.07, 6.45) is 14.4. The Balaban J connectivity index is 0.000000173. The first-order chi connectivity index (χ1) is 58.3. The van der Waals surface area contributed by atoms with Gasteiger partial charge in [-0.2, -0.15) is 54.1 Å². The van der Waals surface area contributed by atoms with Gasteiger partial charge in [0.25, 0.3) is 40.1 Å². The number of nitrogens with zero attached hydrogens (tertiary/aromatic N) is 11. The molecule has 0 radical (unpaired) electrons. The molecule has 31 nitrogen and oxygen atoms in total. The zero-order chi connectivity index (χ0) is 90.9. The lowest BCUT2D eigenvalue weighted by atomic mass is 9.92. The van der Waals surface area contributed by atoms with E-state index in [4.69, 9.17) is 0 Å². The normalized spacial score (nSPS) is 13.8. The minimum Gasteiger partial charge on any atom is -0.307 e. The molecule has 8 amide bonds. The average molecular weight is 1790 g/mol. The maximum absolute atomic E-state index is 14.4. The second kappa shape index (κ2) is 40.2. The zero-order valence-electron chi connectivity index (χ0n) is 74.3. The highest BCUT2D eigenvalue weighted by Crippen LogP contribution is 2.42. The van der Waals surface area contributed by atoms with Gasteiger partial charge >= 0.3 is 24.1 Å². The summed E-state index contributed by atoms with van der Waals surface area (Å²) in [5.41, 5.74) is 18.1. The Morgan fingerprint density at radius 1 is 0.419 bits per heavy atom. The fourth-order valence-electron chi connectivity index (χ4n) is 16.3. The summed E-state index contributed by atoms with van der Waals surface area (Å²) in [5.74, 6) is -1.13. The Hall–Kier alpha value is -10.4. The number of urea groups is 4. The number of rotatable bonds is 26. The number of nitrogens with one attached hydrogen (secondary N) is 8. The first-order valence-electron chi connectivity index (χ1n) is 41.8. The van der Waals surface area contributed by atoms with Crippen LogP contribution in [-0.4, -0.2) is 154 Å². The van der Waals surface area contributed by atoms with Crippen molar-refractivity contribution in [2.75, 3.05) is 63.6 Å². The quantitative estimate of drug-likeness (QED) is 0.0250. The molecule has 124 heavy (non-hydrogen) atoms. The molecule has 672 valence electrons. The van der Waals surface area contributed by atoms with Crippen LogP contribution in [0.1, 0.15) is 222 Å². The van der Waals surface area contributed by atoms with E-state index in [0.29, 0.717) is 58.0 Å². The average Bonchev–Trinajstić information content (AvgIpc) is 1.65. The molecular weight excluding hydrogens is 1670 g/mol.